The second-order valence-electron chi connectivity index (χ2n) is 3.67. The molecule has 0 amide bonds. The van der Waals surface area contributed by atoms with Crippen molar-refractivity contribution in [3.63, 3.8) is 0 Å². The van der Waals surface area contributed by atoms with E-state index in [0.29, 0.717) is 5.69 Å². The van der Waals surface area contributed by atoms with E-state index in [1.54, 1.807) is 6.20 Å². The van der Waals surface area contributed by atoms with Crippen LogP contribution in [0.1, 0.15) is 11.5 Å². The fraction of sp³-hybridized carbons (Fsp3) is 0.167. The predicted octanol–water partition coefficient (Wildman–Crippen LogP) is 2.57. The van der Waals surface area contributed by atoms with Crippen LogP contribution in [0.2, 0.25) is 0 Å². The van der Waals surface area contributed by atoms with Gasteiger partial charge in [0.15, 0.2) is 0 Å². The Morgan fingerprint density at radius 2 is 2.18 bits per heavy atom. The summed E-state index contributed by atoms with van der Waals surface area (Å²) in [6, 6.07) is 7.74. The number of nitrogens with zero attached hydrogens (tertiary/aromatic N) is 2. The summed E-state index contributed by atoms with van der Waals surface area (Å²) < 4.78 is 2.82. The van der Waals surface area contributed by atoms with Gasteiger partial charge in [-0.25, -0.2) is 4.98 Å². The van der Waals surface area contributed by atoms with Crippen LogP contribution in [0.3, 0.4) is 0 Å². The quantitative estimate of drug-likeness (QED) is 0.947. The highest BCUT2D eigenvalue weighted by Gasteiger charge is 2.10. The smallest absolute Gasteiger partial charge is 0.309 e. The topological polar surface area (TPSA) is 55.1 Å². The minimum atomic E-state index is -0.873. The Hall–Kier alpha value is -1.62. The van der Waals surface area contributed by atoms with Crippen molar-refractivity contribution in [2.24, 2.45) is 0 Å². The summed E-state index contributed by atoms with van der Waals surface area (Å²) >= 11 is 3.46. The average Bonchev–Trinajstić information content (AvgIpc) is 2.59. The molecule has 1 aromatic carbocycles. The first-order chi connectivity index (χ1) is 8.08. The lowest BCUT2D eigenvalue weighted by Crippen LogP contribution is -2.00. The van der Waals surface area contributed by atoms with E-state index in [2.05, 4.69) is 20.9 Å². The van der Waals surface area contributed by atoms with Gasteiger partial charge in [-0.15, -0.1) is 0 Å². The van der Waals surface area contributed by atoms with E-state index in [4.69, 9.17) is 5.11 Å². The van der Waals surface area contributed by atoms with Crippen molar-refractivity contribution >= 4 is 21.9 Å². The summed E-state index contributed by atoms with van der Waals surface area (Å²) in [5.74, 6) is -0.102. The van der Waals surface area contributed by atoms with Crippen molar-refractivity contribution in [3.8, 4) is 5.69 Å². The highest BCUT2D eigenvalue weighted by Crippen LogP contribution is 2.22. The lowest BCUT2D eigenvalue weighted by molar-refractivity contribution is -0.136. The van der Waals surface area contributed by atoms with Crippen LogP contribution in [0.4, 0.5) is 0 Å². The standard InChI is InChI=1S/C12H11BrN2O2/c1-8-14-9(6-12(16)17)7-15(8)11-5-3-2-4-10(11)13/h2-5,7H,6H2,1H3,(H,16,17). The van der Waals surface area contributed by atoms with Gasteiger partial charge in [-0.1, -0.05) is 12.1 Å². The average molecular weight is 295 g/mol. The zero-order chi connectivity index (χ0) is 12.4. The van der Waals surface area contributed by atoms with Gasteiger partial charge in [0.05, 0.1) is 17.8 Å². The summed E-state index contributed by atoms with van der Waals surface area (Å²) in [5, 5.41) is 8.73. The molecule has 0 radical (unpaired) electrons. The Balaban J connectivity index is 2.43. The minimum absolute atomic E-state index is 0.0572. The third kappa shape index (κ3) is 2.55. The fourth-order valence-electron chi connectivity index (χ4n) is 1.66. The van der Waals surface area contributed by atoms with Crippen LogP contribution >= 0.6 is 15.9 Å². The molecule has 0 saturated carbocycles. The Morgan fingerprint density at radius 1 is 1.47 bits per heavy atom. The van der Waals surface area contributed by atoms with Crippen molar-refractivity contribution in [2.75, 3.05) is 0 Å². The first-order valence-corrected chi connectivity index (χ1v) is 5.89. The molecular weight excluding hydrogens is 284 g/mol. The number of aromatic nitrogens is 2. The fourth-order valence-corrected chi connectivity index (χ4v) is 2.14. The number of halogens is 1. The highest BCUT2D eigenvalue weighted by molar-refractivity contribution is 9.10. The van der Waals surface area contributed by atoms with Crippen LogP contribution in [-0.2, 0) is 11.2 Å². The number of hydrogen-bond donors (Lipinski definition) is 1. The van der Waals surface area contributed by atoms with Gasteiger partial charge >= 0.3 is 5.97 Å². The Labute approximate surface area is 107 Å². The Morgan fingerprint density at radius 3 is 2.82 bits per heavy atom. The van der Waals surface area contributed by atoms with Crippen molar-refractivity contribution < 1.29 is 9.90 Å². The normalized spacial score (nSPS) is 10.5. The summed E-state index contributed by atoms with van der Waals surface area (Å²) in [4.78, 5) is 14.9. The molecule has 0 aliphatic carbocycles. The van der Waals surface area contributed by atoms with Crippen LogP contribution in [0.25, 0.3) is 5.69 Å². The summed E-state index contributed by atoms with van der Waals surface area (Å²) in [7, 11) is 0. The molecule has 5 heteroatoms. The minimum Gasteiger partial charge on any atom is -0.481 e. The number of carboxylic acids is 1. The molecule has 1 aromatic heterocycles. The largest absolute Gasteiger partial charge is 0.481 e. The van der Waals surface area contributed by atoms with Gasteiger partial charge in [0.1, 0.15) is 5.82 Å². The summed E-state index contributed by atoms with van der Waals surface area (Å²) in [5.41, 5.74) is 1.51. The maximum atomic E-state index is 10.6. The van der Waals surface area contributed by atoms with Crippen LogP contribution < -0.4 is 0 Å². The number of aryl methyl sites for hydroxylation is 1. The highest BCUT2D eigenvalue weighted by atomic mass is 79.9. The molecule has 0 atom stereocenters. The SMILES string of the molecule is Cc1nc(CC(=O)O)cn1-c1ccccc1Br. The molecule has 0 aliphatic rings. The number of benzene rings is 1. The molecule has 2 rings (SSSR count). The lowest BCUT2D eigenvalue weighted by Gasteiger charge is -2.06. The van der Waals surface area contributed by atoms with Gasteiger partial charge in [-0.3, -0.25) is 4.79 Å². The Kier molecular flexibility index (Phi) is 3.28. The van der Waals surface area contributed by atoms with Gasteiger partial charge < -0.3 is 9.67 Å². The molecule has 0 bridgehead atoms. The Bertz CT molecular complexity index is 563. The monoisotopic (exact) mass is 294 g/mol. The van der Waals surface area contributed by atoms with Gasteiger partial charge in [-0.2, -0.15) is 0 Å². The number of imidazole rings is 1. The van der Waals surface area contributed by atoms with Crippen molar-refractivity contribution in [3.05, 3.63) is 46.5 Å². The second kappa shape index (κ2) is 4.71. The van der Waals surface area contributed by atoms with Crippen LogP contribution in [0.15, 0.2) is 34.9 Å². The van der Waals surface area contributed by atoms with E-state index >= 15 is 0 Å². The third-order valence-electron chi connectivity index (χ3n) is 2.38. The zero-order valence-electron chi connectivity index (χ0n) is 9.22. The third-order valence-corrected chi connectivity index (χ3v) is 3.05. The first kappa shape index (κ1) is 11.9. The molecule has 1 N–H and O–H groups in total. The summed E-state index contributed by atoms with van der Waals surface area (Å²) in [6.45, 7) is 1.85. The molecule has 0 spiro atoms. The number of carboxylic acid groups (broad SMARTS) is 1. The van der Waals surface area contributed by atoms with E-state index < -0.39 is 5.97 Å². The van der Waals surface area contributed by atoms with Gasteiger partial charge in [-0.05, 0) is 35.0 Å². The van der Waals surface area contributed by atoms with Gasteiger partial charge in [0, 0.05) is 10.7 Å². The first-order valence-electron chi connectivity index (χ1n) is 5.09. The van der Waals surface area contributed by atoms with Gasteiger partial charge in [0.25, 0.3) is 0 Å². The van der Waals surface area contributed by atoms with Crippen molar-refractivity contribution in [1.82, 2.24) is 9.55 Å². The molecule has 2 aromatic rings. The van der Waals surface area contributed by atoms with Crippen LogP contribution in [0, 0.1) is 6.92 Å². The van der Waals surface area contributed by atoms with Crippen LogP contribution in [0.5, 0.6) is 0 Å². The molecule has 0 aliphatic heterocycles. The van der Waals surface area contributed by atoms with E-state index in [1.807, 2.05) is 35.8 Å². The number of hydrogen-bond acceptors (Lipinski definition) is 2. The molecule has 0 unspecified atom stereocenters. The van der Waals surface area contributed by atoms with Crippen LogP contribution in [-0.4, -0.2) is 20.6 Å². The number of carbonyl (C=O) groups is 1. The number of para-hydroxylation sites is 1. The lowest BCUT2D eigenvalue weighted by atomic mass is 10.3. The number of aliphatic carboxylic acids is 1. The molecule has 88 valence electrons. The zero-order valence-corrected chi connectivity index (χ0v) is 10.8. The van der Waals surface area contributed by atoms with Crippen molar-refractivity contribution in [2.45, 2.75) is 13.3 Å². The molecule has 0 fully saturated rings. The second-order valence-corrected chi connectivity index (χ2v) is 4.53. The van der Waals surface area contributed by atoms with E-state index in [0.717, 1.165) is 16.0 Å². The van der Waals surface area contributed by atoms with E-state index in [-0.39, 0.29) is 6.42 Å². The summed E-state index contributed by atoms with van der Waals surface area (Å²) in [6.07, 6.45) is 1.70. The van der Waals surface area contributed by atoms with Crippen molar-refractivity contribution in [1.29, 1.82) is 0 Å². The maximum absolute atomic E-state index is 10.6. The molecular formula is C12H11BrN2O2. The predicted molar refractivity (Wildman–Crippen MR) is 67.3 cm³/mol. The molecule has 0 saturated heterocycles. The maximum Gasteiger partial charge on any atom is 0.309 e. The van der Waals surface area contributed by atoms with E-state index in [1.165, 1.54) is 0 Å². The van der Waals surface area contributed by atoms with E-state index in [9.17, 15) is 4.79 Å². The van der Waals surface area contributed by atoms with Gasteiger partial charge in [0.2, 0.25) is 0 Å². The molecule has 17 heavy (non-hydrogen) atoms. The molecule has 1 heterocycles. The number of rotatable bonds is 3. The molecule has 4 nitrogen and oxygen atoms in total.